The molecule has 2 rings (SSSR count). The molecule has 0 aliphatic carbocycles. The predicted octanol–water partition coefficient (Wildman–Crippen LogP) is 2.66. The number of hydrogen-bond donors (Lipinski definition) is 1. The van der Waals surface area contributed by atoms with Crippen LogP contribution in [0.1, 0.15) is 12.8 Å². The molecule has 0 unspecified atom stereocenters. The molecule has 1 fully saturated rings. The zero-order chi connectivity index (χ0) is 15.5. The lowest BCUT2D eigenvalue weighted by Gasteiger charge is -2.29. The van der Waals surface area contributed by atoms with E-state index in [4.69, 9.17) is 4.74 Å². The fraction of sp³-hybridized carbons (Fsp3) is 0.500. The van der Waals surface area contributed by atoms with E-state index in [1.54, 1.807) is 17.4 Å². The van der Waals surface area contributed by atoms with Crippen LogP contribution in [0, 0.1) is 0 Å². The molecular weight excluding hydrogens is 285 g/mol. The number of amides is 1. The third-order valence-corrected chi connectivity index (χ3v) is 3.34. The number of likely N-dealkylation sites (tertiary alicyclic amines) is 1. The van der Waals surface area contributed by atoms with Crippen molar-refractivity contribution in [2.75, 3.05) is 25.5 Å². The van der Waals surface area contributed by atoms with Gasteiger partial charge in [-0.1, -0.05) is 0 Å². The largest absolute Gasteiger partial charge is 0.490 e. The molecule has 1 saturated heterocycles. The summed E-state index contributed by atoms with van der Waals surface area (Å²) in [6, 6.07) is 5.91. The predicted molar refractivity (Wildman–Crippen MR) is 72.3 cm³/mol. The molecule has 1 heterocycles. The summed E-state index contributed by atoms with van der Waals surface area (Å²) in [6.07, 6.45) is -2.92. The first-order valence-corrected chi connectivity index (χ1v) is 6.68. The van der Waals surface area contributed by atoms with Crippen molar-refractivity contribution >= 4 is 11.6 Å². The smallest absolute Gasteiger partial charge is 0.471 e. The Hall–Kier alpha value is -1.76. The second-order valence-corrected chi connectivity index (χ2v) is 5.10. The highest BCUT2D eigenvalue weighted by molar-refractivity contribution is 5.94. The van der Waals surface area contributed by atoms with Crippen molar-refractivity contribution in [3.63, 3.8) is 0 Å². The van der Waals surface area contributed by atoms with Crippen molar-refractivity contribution in [2.24, 2.45) is 0 Å². The van der Waals surface area contributed by atoms with Gasteiger partial charge < -0.3 is 15.0 Å². The van der Waals surface area contributed by atoms with Gasteiger partial charge in [0.2, 0.25) is 0 Å². The summed E-state index contributed by atoms with van der Waals surface area (Å²) in [5.41, 5.74) is 0.0908. The molecule has 0 aromatic heterocycles. The van der Waals surface area contributed by atoms with Crippen molar-refractivity contribution in [1.29, 1.82) is 0 Å². The number of rotatable bonds is 3. The Morgan fingerprint density at radius 3 is 2.33 bits per heavy atom. The van der Waals surface area contributed by atoms with E-state index < -0.39 is 12.1 Å². The van der Waals surface area contributed by atoms with Gasteiger partial charge in [0.15, 0.2) is 0 Å². The van der Waals surface area contributed by atoms with E-state index in [1.165, 1.54) is 12.1 Å². The number of ether oxygens (including phenoxy) is 1. The lowest BCUT2D eigenvalue weighted by atomic mass is 10.1. The molecule has 21 heavy (non-hydrogen) atoms. The quantitative estimate of drug-likeness (QED) is 0.933. The summed E-state index contributed by atoms with van der Waals surface area (Å²) in [4.78, 5) is 13.0. The highest BCUT2D eigenvalue weighted by atomic mass is 19.4. The van der Waals surface area contributed by atoms with Gasteiger partial charge in [0.1, 0.15) is 11.9 Å². The monoisotopic (exact) mass is 302 g/mol. The normalized spacial score (nSPS) is 17.5. The molecule has 0 atom stereocenters. The van der Waals surface area contributed by atoms with Gasteiger partial charge >= 0.3 is 12.1 Å². The summed E-state index contributed by atoms with van der Waals surface area (Å²) in [6.45, 7) is 1.93. The van der Waals surface area contributed by atoms with Crippen LogP contribution >= 0.6 is 0 Å². The zero-order valence-corrected chi connectivity index (χ0v) is 11.6. The van der Waals surface area contributed by atoms with Crippen LogP contribution < -0.4 is 10.1 Å². The number of halogens is 3. The average molecular weight is 302 g/mol. The second kappa shape index (κ2) is 6.34. The molecule has 1 amide bonds. The summed E-state index contributed by atoms with van der Waals surface area (Å²) in [7, 11) is 2.05. The van der Waals surface area contributed by atoms with E-state index >= 15 is 0 Å². The zero-order valence-electron chi connectivity index (χ0n) is 11.6. The molecule has 0 bridgehead atoms. The first kappa shape index (κ1) is 15.6. The molecule has 1 aliphatic heterocycles. The molecule has 4 nitrogen and oxygen atoms in total. The summed E-state index contributed by atoms with van der Waals surface area (Å²) in [5, 5.41) is 1.79. The molecule has 116 valence electrons. The van der Waals surface area contributed by atoms with E-state index in [2.05, 4.69) is 4.90 Å². The number of alkyl halides is 3. The van der Waals surface area contributed by atoms with E-state index in [0.29, 0.717) is 5.75 Å². The van der Waals surface area contributed by atoms with Crippen molar-refractivity contribution in [2.45, 2.75) is 25.1 Å². The Kier molecular flexibility index (Phi) is 4.72. The topological polar surface area (TPSA) is 41.6 Å². The van der Waals surface area contributed by atoms with Crippen LogP contribution in [0.15, 0.2) is 24.3 Å². The molecule has 0 spiro atoms. The summed E-state index contributed by atoms with van der Waals surface area (Å²) in [5.74, 6) is -1.39. The molecule has 0 radical (unpaired) electrons. The molecule has 1 N–H and O–H groups in total. The SMILES string of the molecule is CN1CCC(Oc2ccc(NC(=O)C(F)(F)F)cc2)CC1. The summed E-state index contributed by atoms with van der Waals surface area (Å²) >= 11 is 0. The maximum atomic E-state index is 12.1. The van der Waals surface area contributed by atoms with E-state index in [1.807, 2.05) is 7.05 Å². The van der Waals surface area contributed by atoms with E-state index in [0.717, 1.165) is 25.9 Å². The Morgan fingerprint density at radius 1 is 1.24 bits per heavy atom. The highest BCUT2D eigenvalue weighted by Gasteiger charge is 2.38. The van der Waals surface area contributed by atoms with Gasteiger partial charge in [0.25, 0.3) is 0 Å². The molecule has 1 aliphatic rings. The van der Waals surface area contributed by atoms with Crippen LogP contribution in [-0.2, 0) is 4.79 Å². The number of nitrogens with zero attached hydrogens (tertiary/aromatic N) is 1. The Morgan fingerprint density at radius 2 is 1.81 bits per heavy atom. The molecule has 1 aromatic carbocycles. The fourth-order valence-electron chi connectivity index (χ4n) is 2.11. The minimum Gasteiger partial charge on any atom is -0.490 e. The standard InChI is InChI=1S/C14H17F3N2O2/c1-19-8-6-12(7-9-19)21-11-4-2-10(3-5-11)18-13(20)14(15,16)17/h2-5,12H,6-9H2,1H3,(H,18,20). The van der Waals surface area contributed by atoms with Gasteiger partial charge in [-0.3, -0.25) is 4.79 Å². The first-order chi connectivity index (χ1) is 9.84. The number of nitrogens with one attached hydrogen (secondary N) is 1. The van der Waals surface area contributed by atoms with Crippen molar-refractivity contribution in [1.82, 2.24) is 4.90 Å². The highest BCUT2D eigenvalue weighted by Crippen LogP contribution is 2.22. The number of piperidine rings is 1. The minimum atomic E-state index is -4.89. The second-order valence-electron chi connectivity index (χ2n) is 5.10. The third-order valence-electron chi connectivity index (χ3n) is 3.34. The number of benzene rings is 1. The van der Waals surface area contributed by atoms with Gasteiger partial charge in [-0.05, 0) is 44.2 Å². The first-order valence-electron chi connectivity index (χ1n) is 6.68. The molecule has 0 saturated carbocycles. The van der Waals surface area contributed by atoms with Crippen LogP contribution in [0.4, 0.5) is 18.9 Å². The van der Waals surface area contributed by atoms with Crippen LogP contribution in [0.5, 0.6) is 5.75 Å². The van der Waals surface area contributed by atoms with Gasteiger partial charge in [-0.2, -0.15) is 13.2 Å². The van der Waals surface area contributed by atoms with Gasteiger partial charge in [0, 0.05) is 18.8 Å². The van der Waals surface area contributed by atoms with E-state index in [-0.39, 0.29) is 11.8 Å². The lowest BCUT2D eigenvalue weighted by molar-refractivity contribution is -0.167. The molecule has 1 aromatic rings. The molecular formula is C14H17F3N2O2. The lowest BCUT2D eigenvalue weighted by Crippen LogP contribution is -2.35. The van der Waals surface area contributed by atoms with Crippen molar-refractivity contribution in [3.8, 4) is 5.75 Å². The Labute approximate surface area is 120 Å². The van der Waals surface area contributed by atoms with Crippen molar-refractivity contribution in [3.05, 3.63) is 24.3 Å². The van der Waals surface area contributed by atoms with E-state index in [9.17, 15) is 18.0 Å². The number of anilines is 1. The number of carbonyl (C=O) groups excluding carboxylic acids is 1. The minimum absolute atomic E-state index is 0.0908. The van der Waals surface area contributed by atoms with Gasteiger partial charge in [0.05, 0.1) is 0 Å². The number of carbonyl (C=O) groups is 1. The Balaban J connectivity index is 1.89. The van der Waals surface area contributed by atoms with Gasteiger partial charge in [-0.25, -0.2) is 0 Å². The Bertz CT molecular complexity index is 480. The van der Waals surface area contributed by atoms with Crippen LogP contribution in [0.2, 0.25) is 0 Å². The number of hydrogen-bond acceptors (Lipinski definition) is 3. The maximum Gasteiger partial charge on any atom is 0.471 e. The van der Waals surface area contributed by atoms with Gasteiger partial charge in [-0.15, -0.1) is 0 Å². The maximum absolute atomic E-state index is 12.1. The van der Waals surface area contributed by atoms with Crippen LogP contribution in [0.3, 0.4) is 0 Å². The fourth-order valence-corrected chi connectivity index (χ4v) is 2.11. The van der Waals surface area contributed by atoms with Crippen LogP contribution in [-0.4, -0.2) is 43.2 Å². The molecule has 7 heteroatoms. The average Bonchev–Trinajstić information content (AvgIpc) is 2.42. The van der Waals surface area contributed by atoms with Crippen LogP contribution in [0.25, 0.3) is 0 Å². The third kappa shape index (κ3) is 4.63. The van der Waals surface area contributed by atoms with Crippen molar-refractivity contribution < 1.29 is 22.7 Å². The summed E-state index contributed by atoms with van der Waals surface area (Å²) < 4.78 is 42.1.